The van der Waals surface area contributed by atoms with Crippen molar-refractivity contribution in [2.75, 3.05) is 13.2 Å². The van der Waals surface area contributed by atoms with E-state index in [1.807, 2.05) is 0 Å². The number of hydrogen-bond donors (Lipinski definition) is 1. The van der Waals surface area contributed by atoms with Crippen LogP contribution in [0.15, 0.2) is 53.4 Å². The van der Waals surface area contributed by atoms with E-state index in [1.165, 1.54) is 0 Å². The van der Waals surface area contributed by atoms with Crippen molar-refractivity contribution in [3.05, 3.63) is 64.9 Å². The predicted molar refractivity (Wildman–Crippen MR) is 94.9 cm³/mol. The summed E-state index contributed by atoms with van der Waals surface area (Å²) in [5.41, 5.74) is -0.420. The fraction of sp³-hybridized carbons (Fsp3) is 0.278. The van der Waals surface area contributed by atoms with Gasteiger partial charge in [0.05, 0.1) is 10.3 Å². The first-order valence-corrected chi connectivity index (χ1v) is 9.86. The fourth-order valence-electron chi connectivity index (χ4n) is 3.05. The van der Waals surface area contributed by atoms with E-state index in [-0.39, 0.29) is 4.90 Å². The van der Waals surface area contributed by atoms with Crippen LogP contribution in [0.4, 0.5) is 4.39 Å². The zero-order chi connectivity index (χ0) is 18.8. The van der Waals surface area contributed by atoms with Crippen molar-refractivity contribution in [3.63, 3.8) is 0 Å². The lowest BCUT2D eigenvalue weighted by Gasteiger charge is -2.36. The molecule has 1 amide bonds. The molecule has 0 radical (unpaired) electrons. The quantitative estimate of drug-likeness (QED) is 0.860. The Morgan fingerprint density at radius 3 is 2.38 bits per heavy atom. The molecule has 2 aromatic rings. The summed E-state index contributed by atoms with van der Waals surface area (Å²) in [4.78, 5) is 12.8. The van der Waals surface area contributed by atoms with E-state index < -0.39 is 27.2 Å². The summed E-state index contributed by atoms with van der Waals surface area (Å²) in [5, 5.41) is 0.461. The van der Waals surface area contributed by atoms with Crippen molar-refractivity contribution >= 4 is 27.5 Å². The minimum atomic E-state index is -4.12. The molecule has 0 unspecified atom stereocenters. The zero-order valence-electron chi connectivity index (χ0n) is 13.7. The van der Waals surface area contributed by atoms with E-state index in [4.69, 9.17) is 16.3 Å². The molecule has 0 aromatic heterocycles. The number of carbonyl (C=O) groups is 1. The third-order valence-corrected chi connectivity index (χ3v) is 6.09. The maximum Gasteiger partial charge on any atom is 0.264 e. The SMILES string of the molecule is O=C(NS(=O)(=O)c1ccc(F)cc1)C1(c2cccc(Cl)c2)CCOCC1. The van der Waals surface area contributed by atoms with E-state index in [1.54, 1.807) is 24.3 Å². The molecule has 5 nitrogen and oxygen atoms in total. The molecular weight excluding hydrogens is 381 g/mol. The Labute approximate surface area is 156 Å². The molecule has 1 fully saturated rings. The van der Waals surface area contributed by atoms with Crippen LogP contribution in [-0.2, 0) is 25.0 Å². The standard InChI is InChI=1S/C18H17ClFNO4S/c19-14-3-1-2-13(12-14)18(8-10-25-11-9-18)17(22)21-26(23,24)16-6-4-15(20)5-7-16/h1-7,12H,8-11H2,(H,21,22). The van der Waals surface area contributed by atoms with Crippen molar-refractivity contribution < 1.29 is 22.3 Å². The first-order valence-electron chi connectivity index (χ1n) is 8.00. The number of rotatable bonds is 4. The van der Waals surface area contributed by atoms with E-state index >= 15 is 0 Å². The van der Waals surface area contributed by atoms with Crippen molar-refractivity contribution in [2.24, 2.45) is 0 Å². The van der Waals surface area contributed by atoms with Crippen LogP contribution in [0.5, 0.6) is 0 Å². The number of sulfonamides is 1. The number of ether oxygens (including phenoxy) is 1. The van der Waals surface area contributed by atoms with Crippen LogP contribution in [0, 0.1) is 5.82 Å². The molecule has 0 saturated carbocycles. The van der Waals surface area contributed by atoms with Gasteiger partial charge in [0.1, 0.15) is 5.82 Å². The van der Waals surface area contributed by atoms with Crippen molar-refractivity contribution in [1.29, 1.82) is 0 Å². The van der Waals surface area contributed by atoms with Gasteiger partial charge in [-0.05, 0) is 54.8 Å². The van der Waals surface area contributed by atoms with E-state index in [9.17, 15) is 17.6 Å². The van der Waals surface area contributed by atoms with Gasteiger partial charge in [0.15, 0.2) is 0 Å². The molecule has 3 rings (SSSR count). The molecule has 2 aromatic carbocycles. The second-order valence-electron chi connectivity index (χ2n) is 6.09. The summed E-state index contributed by atoms with van der Waals surface area (Å²) in [5.74, 6) is -1.21. The van der Waals surface area contributed by atoms with E-state index in [0.29, 0.717) is 36.6 Å². The molecule has 1 aliphatic heterocycles. The Kier molecular flexibility index (Phi) is 5.32. The third-order valence-electron chi connectivity index (χ3n) is 4.51. The van der Waals surface area contributed by atoms with Crippen LogP contribution in [0.25, 0.3) is 0 Å². The highest BCUT2D eigenvalue weighted by molar-refractivity contribution is 7.90. The van der Waals surface area contributed by atoms with Gasteiger partial charge in [-0.3, -0.25) is 4.79 Å². The number of hydrogen-bond acceptors (Lipinski definition) is 4. The Morgan fingerprint density at radius 1 is 1.12 bits per heavy atom. The Bertz CT molecular complexity index is 909. The molecule has 138 valence electrons. The Morgan fingerprint density at radius 2 is 1.77 bits per heavy atom. The van der Waals surface area contributed by atoms with Gasteiger partial charge in [0.25, 0.3) is 10.0 Å². The predicted octanol–water partition coefficient (Wildman–Crippen LogP) is 3.03. The molecule has 1 aliphatic rings. The summed E-state index contributed by atoms with van der Waals surface area (Å²) in [7, 11) is -4.12. The molecular formula is C18H17ClFNO4S. The van der Waals surface area contributed by atoms with Crippen LogP contribution in [0.2, 0.25) is 5.02 Å². The lowest BCUT2D eigenvalue weighted by molar-refractivity contribution is -0.128. The third kappa shape index (κ3) is 3.75. The fourth-order valence-corrected chi connectivity index (χ4v) is 4.29. The second kappa shape index (κ2) is 7.34. The zero-order valence-corrected chi connectivity index (χ0v) is 15.3. The smallest absolute Gasteiger partial charge is 0.264 e. The number of amides is 1. The molecule has 1 heterocycles. The highest BCUT2D eigenvalue weighted by atomic mass is 35.5. The minimum Gasteiger partial charge on any atom is -0.381 e. The van der Waals surface area contributed by atoms with Crippen molar-refractivity contribution in [1.82, 2.24) is 4.72 Å². The summed E-state index contributed by atoms with van der Waals surface area (Å²) < 4.78 is 45.6. The van der Waals surface area contributed by atoms with Crippen LogP contribution >= 0.6 is 11.6 Å². The second-order valence-corrected chi connectivity index (χ2v) is 8.21. The van der Waals surface area contributed by atoms with E-state index in [0.717, 1.165) is 24.3 Å². The van der Waals surface area contributed by atoms with Gasteiger partial charge in [-0.15, -0.1) is 0 Å². The number of benzene rings is 2. The van der Waals surface area contributed by atoms with E-state index in [2.05, 4.69) is 4.72 Å². The molecule has 0 bridgehead atoms. The van der Waals surface area contributed by atoms with Crippen LogP contribution in [-0.4, -0.2) is 27.5 Å². The average molecular weight is 398 g/mol. The number of carbonyl (C=O) groups excluding carboxylic acids is 1. The van der Waals surface area contributed by atoms with Crippen LogP contribution in [0.3, 0.4) is 0 Å². The maximum absolute atomic E-state index is 13.0. The summed E-state index contributed by atoms with van der Waals surface area (Å²) in [6.07, 6.45) is 0.663. The number of halogens is 2. The van der Waals surface area contributed by atoms with Crippen LogP contribution < -0.4 is 4.72 Å². The van der Waals surface area contributed by atoms with Gasteiger partial charge in [-0.1, -0.05) is 23.7 Å². The molecule has 1 N–H and O–H groups in total. The normalized spacial score (nSPS) is 16.8. The van der Waals surface area contributed by atoms with Crippen molar-refractivity contribution in [2.45, 2.75) is 23.2 Å². The first kappa shape index (κ1) is 18.8. The van der Waals surface area contributed by atoms with Gasteiger partial charge in [0, 0.05) is 18.2 Å². The highest BCUT2D eigenvalue weighted by Crippen LogP contribution is 2.36. The summed E-state index contributed by atoms with van der Waals surface area (Å²) >= 11 is 6.06. The molecule has 0 spiro atoms. The number of nitrogens with one attached hydrogen (secondary N) is 1. The minimum absolute atomic E-state index is 0.180. The Balaban J connectivity index is 1.95. The van der Waals surface area contributed by atoms with Gasteiger partial charge >= 0.3 is 0 Å². The summed E-state index contributed by atoms with van der Waals surface area (Å²) in [6.45, 7) is 0.660. The maximum atomic E-state index is 13.0. The monoisotopic (exact) mass is 397 g/mol. The molecule has 0 atom stereocenters. The summed E-state index contributed by atoms with van der Waals surface area (Å²) in [6, 6.07) is 11.1. The molecule has 1 saturated heterocycles. The lowest BCUT2D eigenvalue weighted by Crippen LogP contribution is -2.49. The van der Waals surface area contributed by atoms with Gasteiger partial charge in [-0.2, -0.15) is 0 Å². The van der Waals surface area contributed by atoms with Crippen LogP contribution in [0.1, 0.15) is 18.4 Å². The largest absolute Gasteiger partial charge is 0.381 e. The van der Waals surface area contributed by atoms with Gasteiger partial charge in [-0.25, -0.2) is 17.5 Å². The van der Waals surface area contributed by atoms with Gasteiger partial charge in [0.2, 0.25) is 5.91 Å². The van der Waals surface area contributed by atoms with Gasteiger partial charge < -0.3 is 4.74 Å². The molecule has 26 heavy (non-hydrogen) atoms. The topological polar surface area (TPSA) is 72.5 Å². The molecule has 8 heteroatoms. The molecule has 0 aliphatic carbocycles. The lowest BCUT2D eigenvalue weighted by atomic mass is 9.73. The average Bonchev–Trinajstić information content (AvgIpc) is 2.62. The first-order chi connectivity index (χ1) is 12.3. The highest BCUT2D eigenvalue weighted by Gasteiger charge is 2.43. The Hall–Kier alpha value is -1.96. The van der Waals surface area contributed by atoms with Crippen molar-refractivity contribution in [3.8, 4) is 0 Å².